The third-order valence-electron chi connectivity index (χ3n) is 4.82. The SMILES string of the molecule is COC(=O)CCNC(=O)c1ccc2c(c1)nc(-c1ccc(C(=N)N)cc1)n2CC(=O)OC. The number of nitrogens with one attached hydrogen (secondary N) is 2. The maximum absolute atomic E-state index is 12.4. The molecule has 0 radical (unpaired) electrons. The first-order valence-electron chi connectivity index (χ1n) is 9.71. The molecular formula is C22H23N5O5. The van der Waals surface area contributed by atoms with E-state index in [1.807, 2.05) is 0 Å². The molecule has 166 valence electrons. The van der Waals surface area contributed by atoms with Crippen LogP contribution in [0.3, 0.4) is 0 Å². The molecule has 0 bridgehead atoms. The predicted molar refractivity (Wildman–Crippen MR) is 117 cm³/mol. The molecule has 0 atom stereocenters. The molecule has 2 aromatic carbocycles. The lowest BCUT2D eigenvalue weighted by Crippen LogP contribution is -2.26. The number of carbonyl (C=O) groups excluding carboxylic acids is 3. The van der Waals surface area contributed by atoms with Gasteiger partial charge in [0.05, 0.1) is 31.7 Å². The van der Waals surface area contributed by atoms with E-state index in [2.05, 4.69) is 15.0 Å². The molecule has 0 aliphatic carbocycles. The van der Waals surface area contributed by atoms with Crippen molar-refractivity contribution in [2.45, 2.75) is 13.0 Å². The van der Waals surface area contributed by atoms with E-state index in [1.165, 1.54) is 14.2 Å². The number of rotatable bonds is 8. The molecule has 0 spiro atoms. The molecule has 0 saturated carbocycles. The van der Waals surface area contributed by atoms with Crippen LogP contribution in [0.1, 0.15) is 22.3 Å². The average Bonchev–Trinajstić information content (AvgIpc) is 3.16. The molecule has 4 N–H and O–H groups in total. The van der Waals surface area contributed by atoms with Crippen LogP contribution in [0.5, 0.6) is 0 Å². The number of fused-ring (bicyclic) bond motifs is 1. The molecule has 1 heterocycles. The summed E-state index contributed by atoms with van der Waals surface area (Å²) in [5.74, 6) is -0.768. The van der Waals surface area contributed by atoms with Gasteiger partial charge in [0, 0.05) is 23.2 Å². The van der Waals surface area contributed by atoms with Crippen molar-refractivity contribution >= 4 is 34.7 Å². The second-order valence-electron chi connectivity index (χ2n) is 6.87. The summed E-state index contributed by atoms with van der Waals surface area (Å²) in [4.78, 5) is 40.3. The third-order valence-corrected chi connectivity index (χ3v) is 4.82. The van der Waals surface area contributed by atoms with E-state index < -0.39 is 11.9 Å². The van der Waals surface area contributed by atoms with Crippen LogP contribution < -0.4 is 11.1 Å². The fourth-order valence-corrected chi connectivity index (χ4v) is 3.13. The summed E-state index contributed by atoms with van der Waals surface area (Å²) in [6.07, 6.45) is 0.0681. The van der Waals surface area contributed by atoms with Crippen molar-refractivity contribution in [3.05, 3.63) is 53.6 Å². The van der Waals surface area contributed by atoms with E-state index in [4.69, 9.17) is 15.9 Å². The Bertz CT molecular complexity index is 1180. The van der Waals surface area contributed by atoms with Crippen molar-refractivity contribution in [2.75, 3.05) is 20.8 Å². The molecular weight excluding hydrogens is 414 g/mol. The second-order valence-corrected chi connectivity index (χ2v) is 6.87. The molecule has 1 amide bonds. The minimum atomic E-state index is -0.449. The molecule has 0 aliphatic heterocycles. The van der Waals surface area contributed by atoms with E-state index in [-0.39, 0.29) is 31.3 Å². The normalized spacial score (nSPS) is 10.6. The highest BCUT2D eigenvalue weighted by Crippen LogP contribution is 2.26. The Morgan fingerprint density at radius 1 is 1.03 bits per heavy atom. The number of nitrogens with two attached hydrogens (primary N) is 1. The molecule has 0 fully saturated rings. The molecule has 32 heavy (non-hydrogen) atoms. The van der Waals surface area contributed by atoms with Gasteiger partial charge in [-0.2, -0.15) is 0 Å². The van der Waals surface area contributed by atoms with Gasteiger partial charge in [0.1, 0.15) is 18.2 Å². The quantitative estimate of drug-likeness (QED) is 0.274. The van der Waals surface area contributed by atoms with Gasteiger partial charge < -0.3 is 25.1 Å². The highest BCUT2D eigenvalue weighted by Gasteiger charge is 2.17. The van der Waals surface area contributed by atoms with E-state index >= 15 is 0 Å². The Labute approximate surface area is 183 Å². The van der Waals surface area contributed by atoms with Crippen LogP contribution in [0.15, 0.2) is 42.5 Å². The molecule has 0 aliphatic rings. The lowest BCUT2D eigenvalue weighted by atomic mass is 10.1. The number of nitrogen functional groups attached to an aromatic ring is 1. The lowest BCUT2D eigenvalue weighted by molar-refractivity contribution is -0.141. The molecule has 3 aromatic rings. The van der Waals surface area contributed by atoms with Crippen LogP contribution in [0, 0.1) is 5.41 Å². The van der Waals surface area contributed by atoms with Gasteiger partial charge >= 0.3 is 11.9 Å². The van der Waals surface area contributed by atoms with Gasteiger partial charge in [-0.05, 0) is 18.2 Å². The second kappa shape index (κ2) is 9.73. The fraction of sp³-hybridized carbons (Fsp3) is 0.227. The number of amides is 1. The zero-order chi connectivity index (χ0) is 23.3. The van der Waals surface area contributed by atoms with Crippen LogP contribution in [-0.4, -0.2) is 54.0 Å². The van der Waals surface area contributed by atoms with E-state index in [0.717, 1.165) is 0 Å². The number of benzene rings is 2. The molecule has 10 nitrogen and oxygen atoms in total. The smallest absolute Gasteiger partial charge is 0.325 e. The fourth-order valence-electron chi connectivity index (χ4n) is 3.13. The summed E-state index contributed by atoms with van der Waals surface area (Å²) in [6.45, 7) is 0.0789. The molecule has 1 aromatic heterocycles. The van der Waals surface area contributed by atoms with Gasteiger partial charge in [0.2, 0.25) is 0 Å². The Hall–Kier alpha value is -4.21. The number of nitrogens with zero attached hydrogens (tertiary/aromatic N) is 2. The summed E-state index contributed by atoms with van der Waals surface area (Å²) in [5, 5.41) is 10.2. The van der Waals surface area contributed by atoms with Crippen molar-refractivity contribution in [3.8, 4) is 11.4 Å². The highest BCUT2D eigenvalue weighted by atomic mass is 16.5. The average molecular weight is 437 g/mol. The standard InChI is InChI=1S/C22H23N5O5/c1-31-18(28)9-10-25-22(30)15-7-8-17-16(11-15)26-21(27(17)12-19(29)32-2)14-5-3-13(4-6-14)20(23)24/h3-8,11H,9-10,12H2,1-2H3,(H3,23,24)(H,25,30). The van der Waals surface area contributed by atoms with Crippen LogP contribution in [0.25, 0.3) is 22.4 Å². The first-order valence-corrected chi connectivity index (χ1v) is 9.71. The maximum atomic E-state index is 12.4. The maximum Gasteiger partial charge on any atom is 0.325 e. The van der Waals surface area contributed by atoms with Gasteiger partial charge in [0.25, 0.3) is 5.91 Å². The summed E-state index contributed by atoms with van der Waals surface area (Å²) in [7, 11) is 2.59. The van der Waals surface area contributed by atoms with Crippen LogP contribution in [-0.2, 0) is 25.6 Å². The minimum absolute atomic E-state index is 0.0533. The number of amidine groups is 1. The first kappa shape index (κ1) is 22.5. The number of hydrogen-bond acceptors (Lipinski definition) is 7. The van der Waals surface area contributed by atoms with Gasteiger partial charge in [0.15, 0.2) is 0 Å². The zero-order valence-electron chi connectivity index (χ0n) is 17.7. The summed E-state index contributed by atoms with van der Waals surface area (Å²) >= 11 is 0. The van der Waals surface area contributed by atoms with E-state index in [9.17, 15) is 14.4 Å². The molecule has 10 heteroatoms. The minimum Gasteiger partial charge on any atom is -0.469 e. The predicted octanol–water partition coefficient (Wildman–Crippen LogP) is 1.45. The lowest BCUT2D eigenvalue weighted by Gasteiger charge is -2.09. The number of ether oxygens (including phenoxy) is 2. The molecule has 3 rings (SSSR count). The van der Waals surface area contributed by atoms with Crippen molar-refractivity contribution in [1.29, 1.82) is 5.41 Å². The van der Waals surface area contributed by atoms with Crippen LogP contribution >= 0.6 is 0 Å². The van der Waals surface area contributed by atoms with Crippen LogP contribution in [0.4, 0.5) is 0 Å². The number of esters is 2. The summed E-state index contributed by atoms with van der Waals surface area (Å²) in [5.41, 5.74) is 8.32. The molecule has 0 unspecified atom stereocenters. The number of methoxy groups -OCH3 is 2. The number of carbonyl (C=O) groups is 3. The number of aromatic nitrogens is 2. The van der Waals surface area contributed by atoms with Crippen molar-refractivity contribution in [1.82, 2.24) is 14.9 Å². The first-order chi connectivity index (χ1) is 15.3. The highest BCUT2D eigenvalue weighted by molar-refractivity contribution is 5.98. The van der Waals surface area contributed by atoms with E-state index in [1.54, 1.807) is 47.0 Å². The Balaban J connectivity index is 1.96. The monoisotopic (exact) mass is 437 g/mol. The van der Waals surface area contributed by atoms with Gasteiger partial charge in [-0.1, -0.05) is 24.3 Å². The number of hydrogen-bond donors (Lipinski definition) is 3. The Kier molecular flexibility index (Phi) is 6.83. The van der Waals surface area contributed by atoms with Crippen LogP contribution in [0.2, 0.25) is 0 Å². The Morgan fingerprint density at radius 3 is 2.31 bits per heavy atom. The van der Waals surface area contributed by atoms with Gasteiger partial charge in [-0.3, -0.25) is 19.8 Å². The number of imidazole rings is 1. The summed E-state index contributed by atoms with van der Waals surface area (Å²) in [6, 6.07) is 11.8. The third kappa shape index (κ3) is 4.91. The van der Waals surface area contributed by atoms with Crippen molar-refractivity contribution < 1.29 is 23.9 Å². The van der Waals surface area contributed by atoms with Gasteiger partial charge in [-0.25, -0.2) is 4.98 Å². The van der Waals surface area contributed by atoms with Gasteiger partial charge in [-0.15, -0.1) is 0 Å². The Morgan fingerprint density at radius 2 is 1.69 bits per heavy atom. The zero-order valence-corrected chi connectivity index (χ0v) is 17.7. The van der Waals surface area contributed by atoms with Crippen molar-refractivity contribution in [3.63, 3.8) is 0 Å². The topological polar surface area (TPSA) is 149 Å². The summed E-state index contributed by atoms with van der Waals surface area (Å²) < 4.78 is 11.1. The van der Waals surface area contributed by atoms with Crippen molar-refractivity contribution in [2.24, 2.45) is 5.73 Å². The molecule has 0 saturated heterocycles. The largest absolute Gasteiger partial charge is 0.469 e. The van der Waals surface area contributed by atoms with E-state index in [0.29, 0.717) is 33.5 Å².